The molecule has 0 saturated carbocycles. The molecule has 1 aliphatic rings. The average molecular weight is 192 g/mol. The number of hydrazine groups is 1. The molecule has 5 nitrogen and oxygen atoms in total. The summed E-state index contributed by atoms with van der Waals surface area (Å²) in [5, 5.41) is 0. The standard InChI is InChI=1S/C6H12N2O3S/c1-5(9)7-8-6-2-3-12(10,11)4-6/h6,8H,2-4H2,1H3,(H,7,9)/t6-/m1/s1. The Morgan fingerprint density at radius 1 is 1.50 bits per heavy atom. The largest absolute Gasteiger partial charge is 0.292 e. The van der Waals surface area contributed by atoms with Gasteiger partial charge in [-0.15, -0.1) is 0 Å². The predicted octanol–water partition coefficient (Wildman–Crippen LogP) is -1.19. The van der Waals surface area contributed by atoms with E-state index in [1.54, 1.807) is 0 Å². The van der Waals surface area contributed by atoms with E-state index in [9.17, 15) is 13.2 Å². The van der Waals surface area contributed by atoms with Crippen molar-refractivity contribution in [1.82, 2.24) is 10.9 Å². The predicted molar refractivity (Wildman–Crippen MR) is 44.0 cm³/mol. The van der Waals surface area contributed by atoms with Crippen LogP contribution in [0, 0.1) is 0 Å². The number of amides is 1. The Hall–Kier alpha value is -0.620. The Labute approximate surface area is 71.4 Å². The normalized spacial score (nSPS) is 26.9. The van der Waals surface area contributed by atoms with Gasteiger partial charge in [-0.2, -0.15) is 0 Å². The van der Waals surface area contributed by atoms with Crippen molar-refractivity contribution in [3.63, 3.8) is 0 Å². The second-order valence-electron chi connectivity index (χ2n) is 2.93. The molecule has 1 amide bonds. The quantitative estimate of drug-likeness (QED) is 0.540. The van der Waals surface area contributed by atoms with E-state index in [1.165, 1.54) is 6.92 Å². The Morgan fingerprint density at radius 3 is 2.58 bits per heavy atom. The van der Waals surface area contributed by atoms with E-state index in [2.05, 4.69) is 10.9 Å². The maximum absolute atomic E-state index is 10.9. The molecule has 0 aromatic heterocycles. The molecule has 1 fully saturated rings. The lowest BCUT2D eigenvalue weighted by Crippen LogP contribution is -2.43. The second kappa shape index (κ2) is 3.40. The molecule has 0 spiro atoms. The van der Waals surface area contributed by atoms with Crippen LogP contribution in [0.3, 0.4) is 0 Å². The molecule has 1 aliphatic heterocycles. The summed E-state index contributed by atoms with van der Waals surface area (Å²) in [5.74, 6) is 0.122. The number of sulfone groups is 1. The molecular weight excluding hydrogens is 180 g/mol. The minimum atomic E-state index is -2.86. The fourth-order valence-electron chi connectivity index (χ4n) is 1.11. The first-order valence-corrected chi connectivity index (χ1v) is 5.54. The summed E-state index contributed by atoms with van der Waals surface area (Å²) in [6, 6.07) is -0.126. The maximum Gasteiger partial charge on any atom is 0.230 e. The molecule has 1 heterocycles. The molecule has 0 radical (unpaired) electrons. The second-order valence-corrected chi connectivity index (χ2v) is 5.15. The topological polar surface area (TPSA) is 75.3 Å². The van der Waals surface area contributed by atoms with Gasteiger partial charge >= 0.3 is 0 Å². The van der Waals surface area contributed by atoms with Gasteiger partial charge in [-0.3, -0.25) is 10.2 Å². The van der Waals surface area contributed by atoms with E-state index in [1.807, 2.05) is 0 Å². The summed E-state index contributed by atoms with van der Waals surface area (Å²) < 4.78 is 21.9. The molecule has 12 heavy (non-hydrogen) atoms. The number of hydrogen-bond donors (Lipinski definition) is 2. The van der Waals surface area contributed by atoms with Gasteiger partial charge in [0.25, 0.3) is 0 Å². The molecule has 6 heteroatoms. The van der Waals surface area contributed by atoms with Crippen LogP contribution in [-0.2, 0) is 14.6 Å². The van der Waals surface area contributed by atoms with Crippen molar-refractivity contribution in [3.05, 3.63) is 0 Å². The van der Waals surface area contributed by atoms with E-state index in [0.717, 1.165) is 0 Å². The van der Waals surface area contributed by atoms with E-state index < -0.39 is 9.84 Å². The molecule has 0 bridgehead atoms. The highest BCUT2D eigenvalue weighted by atomic mass is 32.2. The zero-order valence-corrected chi connectivity index (χ0v) is 7.65. The number of nitrogens with one attached hydrogen (secondary N) is 2. The third-order valence-corrected chi connectivity index (χ3v) is 3.45. The first-order valence-electron chi connectivity index (χ1n) is 3.72. The lowest BCUT2D eigenvalue weighted by molar-refractivity contribution is -0.120. The van der Waals surface area contributed by atoms with Crippen LogP contribution in [0.25, 0.3) is 0 Å². The van der Waals surface area contributed by atoms with Gasteiger partial charge in [-0.25, -0.2) is 13.8 Å². The van der Waals surface area contributed by atoms with Crippen LogP contribution in [-0.4, -0.2) is 31.9 Å². The number of carbonyl (C=O) groups is 1. The third kappa shape index (κ3) is 2.78. The zero-order valence-electron chi connectivity index (χ0n) is 6.83. The minimum Gasteiger partial charge on any atom is -0.292 e. The summed E-state index contributed by atoms with van der Waals surface area (Å²) >= 11 is 0. The van der Waals surface area contributed by atoms with E-state index in [0.29, 0.717) is 6.42 Å². The molecule has 1 rings (SSSR count). The van der Waals surface area contributed by atoms with Gasteiger partial charge in [0.1, 0.15) is 0 Å². The number of carbonyl (C=O) groups excluding carboxylic acids is 1. The average Bonchev–Trinajstić information content (AvgIpc) is 2.26. The third-order valence-electron chi connectivity index (χ3n) is 1.68. The summed E-state index contributed by atoms with van der Waals surface area (Å²) in [7, 11) is -2.86. The van der Waals surface area contributed by atoms with Crippen LogP contribution in [0.4, 0.5) is 0 Å². The van der Waals surface area contributed by atoms with E-state index in [-0.39, 0.29) is 23.5 Å². The Morgan fingerprint density at radius 2 is 2.17 bits per heavy atom. The first kappa shape index (κ1) is 9.47. The number of rotatable bonds is 2. The Bertz CT molecular complexity index is 273. The SMILES string of the molecule is CC(=O)NN[C@@H]1CCS(=O)(=O)C1. The highest BCUT2D eigenvalue weighted by Crippen LogP contribution is 2.09. The van der Waals surface area contributed by atoms with Gasteiger partial charge < -0.3 is 0 Å². The lowest BCUT2D eigenvalue weighted by atomic mass is 10.3. The molecule has 70 valence electrons. The van der Waals surface area contributed by atoms with Crippen molar-refractivity contribution < 1.29 is 13.2 Å². The highest BCUT2D eigenvalue weighted by Gasteiger charge is 2.27. The summed E-state index contributed by atoms with van der Waals surface area (Å²) in [6.45, 7) is 1.37. The van der Waals surface area contributed by atoms with Gasteiger partial charge in [0, 0.05) is 13.0 Å². The molecule has 1 saturated heterocycles. The van der Waals surface area contributed by atoms with Crippen LogP contribution in [0.2, 0.25) is 0 Å². The fourth-order valence-corrected chi connectivity index (χ4v) is 2.79. The van der Waals surface area contributed by atoms with Crippen molar-refractivity contribution in [3.8, 4) is 0 Å². The monoisotopic (exact) mass is 192 g/mol. The van der Waals surface area contributed by atoms with Crippen LogP contribution in [0.5, 0.6) is 0 Å². The minimum absolute atomic E-state index is 0.118. The van der Waals surface area contributed by atoms with E-state index in [4.69, 9.17) is 0 Å². The van der Waals surface area contributed by atoms with Gasteiger partial charge in [-0.1, -0.05) is 0 Å². The van der Waals surface area contributed by atoms with Crippen molar-refractivity contribution >= 4 is 15.7 Å². The van der Waals surface area contributed by atoms with Crippen LogP contribution >= 0.6 is 0 Å². The van der Waals surface area contributed by atoms with Crippen LogP contribution in [0.1, 0.15) is 13.3 Å². The molecule has 0 aromatic rings. The highest BCUT2D eigenvalue weighted by molar-refractivity contribution is 7.91. The summed E-state index contributed by atoms with van der Waals surface area (Å²) in [4.78, 5) is 10.4. The maximum atomic E-state index is 10.9. The fraction of sp³-hybridized carbons (Fsp3) is 0.833. The van der Waals surface area contributed by atoms with Crippen molar-refractivity contribution in [1.29, 1.82) is 0 Å². The Kier molecular flexibility index (Phi) is 2.69. The molecular formula is C6H12N2O3S. The van der Waals surface area contributed by atoms with Gasteiger partial charge in [0.15, 0.2) is 9.84 Å². The van der Waals surface area contributed by atoms with Crippen LogP contribution in [0.15, 0.2) is 0 Å². The summed E-state index contributed by atoms with van der Waals surface area (Å²) in [5.41, 5.74) is 5.03. The van der Waals surface area contributed by atoms with Crippen molar-refractivity contribution in [2.75, 3.05) is 11.5 Å². The van der Waals surface area contributed by atoms with E-state index >= 15 is 0 Å². The molecule has 2 N–H and O–H groups in total. The van der Waals surface area contributed by atoms with Gasteiger partial charge in [0.05, 0.1) is 11.5 Å². The van der Waals surface area contributed by atoms with Gasteiger partial charge in [0.2, 0.25) is 5.91 Å². The van der Waals surface area contributed by atoms with Crippen molar-refractivity contribution in [2.45, 2.75) is 19.4 Å². The molecule has 1 atom stereocenters. The summed E-state index contributed by atoms with van der Waals surface area (Å²) in [6.07, 6.45) is 0.572. The first-order chi connectivity index (χ1) is 5.49. The van der Waals surface area contributed by atoms with Gasteiger partial charge in [-0.05, 0) is 6.42 Å². The Balaban J connectivity index is 2.34. The smallest absolute Gasteiger partial charge is 0.230 e. The zero-order chi connectivity index (χ0) is 9.19. The molecule has 0 unspecified atom stereocenters. The lowest BCUT2D eigenvalue weighted by Gasteiger charge is -2.09. The molecule has 0 aliphatic carbocycles. The molecule has 0 aromatic carbocycles. The number of hydrogen-bond acceptors (Lipinski definition) is 4. The van der Waals surface area contributed by atoms with Crippen LogP contribution < -0.4 is 10.9 Å². The van der Waals surface area contributed by atoms with Crippen molar-refractivity contribution in [2.24, 2.45) is 0 Å².